The molecule has 1 aliphatic carbocycles. The number of nitriles is 1. The van der Waals surface area contributed by atoms with Crippen LogP contribution in [0.3, 0.4) is 0 Å². The normalized spacial score (nSPS) is 19.1. The highest BCUT2D eigenvalue weighted by atomic mass is 35.5. The van der Waals surface area contributed by atoms with Gasteiger partial charge in [-0.25, -0.2) is 8.42 Å². The number of hydrogen-bond acceptors (Lipinski definition) is 6. The number of ether oxygens (including phenoxy) is 1. The lowest BCUT2D eigenvalue weighted by molar-refractivity contribution is -0.118. The number of hydrogen-bond donors (Lipinski definition) is 2. The van der Waals surface area contributed by atoms with E-state index in [-0.39, 0.29) is 34.6 Å². The van der Waals surface area contributed by atoms with Crippen LogP contribution in [0, 0.1) is 11.3 Å². The molecule has 2 N–H and O–H groups in total. The molecule has 10 heteroatoms. The van der Waals surface area contributed by atoms with E-state index in [9.17, 15) is 18.5 Å². The molecule has 1 heterocycles. The van der Waals surface area contributed by atoms with Crippen LogP contribution in [0.4, 0.5) is 5.69 Å². The van der Waals surface area contributed by atoms with Crippen LogP contribution in [0.5, 0.6) is 0 Å². The number of nitrogens with zero attached hydrogens (tertiary/aromatic N) is 2. The highest BCUT2D eigenvalue weighted by Crippen LogP contribution is 2.27. The van der Waals surface area contributed by atoms with Crippen molar-refractivity contribution in [2.24, 2.45) is 0 Å². The lowest BCUT2D eigenvalue weighted by Gasteiger charge is -2.26. The SMILES string of the molecule is N#C/C(=C/Nc1cc(S(=O)(=O)N2CCOCC2)ccc1Cl)C(=O)NC1CCCCC1. The minimum atomic E-state index is -3.69. The molecule has 1 aromatic rings. The summed E-state index contributed by atoms with van der Waals surface area (Å²) in [4.78, 5) is 12.5. The molecule has 0 bridgehead atoms. The molecule has 1 aliphatic heterocycles. The first-order valence-corrected chi connectivity index (χ1v) is 11.8. The third-order valence-electron chi connectivity index (χ3n) is 5.22. The maximum atomic E-state index is 12.8. The summed E-state index contributed by atoms with van der Waals surface area (Å²) >= 11 is 6.19. The van der Waals surface area contributed by atoms with E-state index in [1.165, 1.54) is 28.7 Å². The smallest absolute Gasteiger partial charge is 0.263 e. The first-order valence-electron chi connectivity index (χ1n) is 9.97. The minimum absolute atomic E-state index is 0.0774. The molecule has 0 atom stereocenters. The molecule has 0 aromatic heterocycles. The van der Waals surface area contributed by atoms with Crippen LogP contribution in [0.1, 0.15) is 32.1 Å². The molecule has 3 rings (SSSR count). The van der Waals surface area contributed by atoms with Crippen molar-refractivity contribution in [1.82, 2.24) is 9.62 Å². The molecule has 162 valence electrons. The standard InChI is InChI=1S/C20H25ClN4O4S/c21-18-7-6-17(30(27,28)25-8-10-29-11-9-25)12-19(18)23-14-15(13-22)20(26)24-16-4-2-1-3-5-16/h6-7,12,14,16,23H,1-5,8-11H2,(H,24,26)/b15-14-. The molecule has 0 spiro atoms. The van der Waals surface area contributed by atoms with Crippen molar-refractivity contribution in [3.8, 4) is 6.07 Å². The van der Waals surface area contributed by atoms with E-state index in [0.717, 1.165) is 32.1 Å². The van der Waals surface area contributed by atoms with E-state index in [1.54, 1.807) is 0 Å². The van der Waals surface area contributed by atoms with Crippen molar-refractivity contribution in [3.05, 3.63) is 35.0 Å². The molecular weight excluding hydrogens is 428 g/mol. The predicted molar refractivity (Wildman–Crippen MR) is 113 cm³/mol. The van der Waals surface area contributed by atoms with Crippen LogP contribution in [0.25, 0.3) is 0 Å². The molecular formula is C20H25ClN4O4S. The van der Waals surface area contributed by atoms with Crippen molar-refractivity contribution < 1.29 is 17.9 Å². The van der Waals surface area contributed by atoms with Crippen molar-refractivity contribution in [2.45, 2.75) is 43.0 Å². The number of carbonyl (C=O) groups excluding carboxylic acids is 1. The van der Waals surface area contributed by atoms with Gasteiger partial charge in [-0.05, 0) is 31.0 Å². The van der Waals surface area contributed by atoms with Crippen LogP contribution in [-0.4, -0.2) is 51.0 Å². The van der Waals surface area contributed by atoms with Gasteiger partial charge in [0.2, 0.25) is 10.0 Å². The molecule has 1 aromatic carbocycles. The fourth-order valence-electron chi connectivity index (χ4n) is 3.52. The summed E-state index contributed by atoms with van der Waals surface area (Å²) in [6.07, 6.45) is 6.36. The minimum Gasteiger partial charge on any atom is -0.379 e. The lowest BCUT2D eigenvalue weighted by Crippen LogP contribution is -2.40. The topological polar surface area (TPSA) is 112 Å². The molecule has 1 saturated carbocycles. The summed E-state index contributed by atoms with van der Waals surface area (Å²) in [5.74, 6) is -0.454. The summed E-state index contributed by atoms with van der Waals surface area (Å²) in [5.41, 5.74) is 0.197. The molecule has 1 saturated heterocycles. The molecule has 2 aliphatic rings. The zero-order valence-electron chi connectivity index (χ0n) is 16.6. The Hall–Kier alpha value is -2.12. The molecule has 2 fully saturated rings. The van der Waals surface area contributed by atoms with Gasteiger partial charge in [0, 0.05) is 25.3 Å². The number of carbonyl (C=O) groups is 1. The second kappa shape index (κ2) is 10.3. The highest BCUT2D eigenvalue weighted by molar-refractivity contribution is 7.89. The average molecular weight is 453 g/mol. The Kier molecular flexibility index (Phi) is 7.72. The van der Waals surface area contributed by atoms with Crippen LogP contribution in [-0.2, 0) is 19.6 Å². The second-order valence-corrected chi connectivity index (χ2v) is 9.63. The second-order valence-electron chi connectivity index (χ2n) is 7.28. The Morgan fingerprint density at radius 2 is 1.93 bits per heavy atom. The molecule has 30 heavy (non-hydrogen) atoms. The van der Waals surface area contributed by atoms with E-state index < -0.39 is 15.9 Å². The van der Waals surface area contributed by atoms with Gasteiger partial charge < -0.3 is 15.4 Å². The van der Waals surface area contributed by atoms with E-state index >= 15 is 0 Å². The van der Waals surface area contributed by atoms with Crippen molar-refractivity contribution in [2.75, 3.05) is 31.6 Å². The number of amides is 1. The zero-order valence-corrected chi connectivity index (χ0v) is 18.1. The Balaban J connectivity index is 1.74. The third kappa shape index (κ3) is 5.52. The molecule has 0 unspecified atom stereocenters. The van der Waals surface area contributed by atoms with E-state index in [2.05, 4.69) is 10.6 Å². The van der Waals surface area contributed by atoms with Crippen LogP contribution >= 0.6 is 11.6 Å². The Labute approximate surface area is 181 Å². The average Bonchev–Trinajstić information content (AvgIpc) is 2.76. The lowest BCUT2D eigenvalue weighted by atomic mass is 9.95. The number of benzene rings is 1. The maximum Gasteiger partial charge on any atom is 0.263 e. The molecule has 0 radical (unpaired) electrons. The number of halogens is 1. The summed E-state index contributed by atoms with van der Waals surface area (Å²) < 4.78 is 32.3. The zero-order chi connectivity index (χ0) is 21.6. The van der Waals surface area contributed by atoms with Gasteiger partial charge in [0.25, 0.3) is 5.91 Å². The number of anilines is 1. The summed E-state index contributed by atoms with van der Waals surface area (Å²) in [5, 5.41) is 15.3. The molecule has 8 nitrogen and oxygen atoms in total. The van der Waals surface area contributed by atoms with Gasteiger partial charge in [0.05, 0.1) is 28.8 Å². The van der Waals surface area contributed by atoms with Crippen LogP contribution in [0.2, 0.25) is 5.02 Å². The number of morpholine rings is 1. The van der Waals surface area contributed by atoms with Gasteiger partial charge in [-0.15, -0.1) is 0 Å². The Morgan fingerprint density at radius 1 is 1.23 bits per heavy atom. The Morgan fingerprint density at radius 3 is 2.60 bits per heavy atom. The van der Waals surface area contributed by atoms with E-state index in [1.807, 2.05) is 6.07 Å². The first kappa shape index (κ1) is 22.6. The van der Waals surface area contributed by atoms with E-state index in [0.29, 0.717) is 18.9 Å². The number of rotatable bonds is 6. The van der Waals surface area contributed by atoms with E-state index in [4.69, 9.17) is 16.3 Å². The monoisotopic (exact) mass is 452 g/mol. The van der Waals surface area contributed by atoms with Crippen LogP contribution in [0.15, 0.2) is 34.9 Å². The summed E-state index contributed by atoms with van der Waals surface area (Å²) in [7, 11) is -3.69. The van der Waals surface area contributed by atoms with Crippen molar-refractivity contribution in [1.29, 1.82) is 5.26 Å². The van der Waals surface area contributed by atoms with Gasteiger partial charge in [0.15, 0.2) is 0 Å². The fourth-order valence-corrected chi connectivity index (χ4v) is 5.13. The fraction of sp³-hybridized carbons (Fsp3) is 0.500. The first-order chi connectivity index (χ1) is 14.4. The number of nitrogens with one attached hydrogen (secondary N) is 2. The largest absolute Gasteiger partial charge is 0.379 e. The quantitative estimate of drug-likeness (QED) is 0.507. The van der Waals surface area contributed by atoms with Crippen molar-refractivity contribution in [3.63, 3.8) is 0 Å². The third-order valence-corrected chi connectivity index (χ3v) is 7.45. The highest BCUT2D eigenvalue weighted by Gasteiger charge is 2.27. The molecule has 1 amide bonds. The summed E-state index contributed by atoms with van der Waals surface area (Å²) in [6, 6.07) is 6.26. The van der Waals surface area contributed by atoms with Gasteiger partial charge >= 0.3 is 0 Å². The number of sulfonamides is 1. The van der Waals surface area contributed by atoms with Crippen molar-refractivity contribution >= 4 is 33.2 Å². The maximum absolute atomic E-state index is 12.8. The predicted octanol–water partition coefficient (Wildman–Crippen LogP) is 2.63. The van der Waals surface area contributed by atoms with Gasteiger partial charge in [0.1, 0.15) is 11.6 Å². The van der Waals surface area contributed by atoms with Gasteiger partial charge in [-0.1, -0.05) is 30.9 Å². The van der Waals surface area contributed by atoms with Gasteiger partial charge in [-0.2, -0.15) is 9.57 Å². The van der Waals surface area contributed by atoms with Crippen LogP contribution < -0.4 is 10.6 Å². The Bertz CT molecular complexity index is 946. The van der Waals surface area contributed by atoms with Gasteiger partial charge in [-0.3, -0.25) is 4.79 Å². The summed E-state index contributed by atoms with van der Waals surface area (Å²) in [6.45, 7) is 1.27.